The van der Waals surface area contributed by atoms with Crippen molar-refractivity contribution in [1.82, 2.24) is 4.98 Å². The van der Waals surface area contributed by atoms with Gasteiger partial charge >= 0.3 is 12.1 Å². The van der Waals surface area contributed by atoms with E-state index in [1.54, 1.807) is 52.0 Å². The maximum Gasteiger partial charge on any atom is 0.433 e. The Morgan fingerprint density at radius 1 is 1.06 bits per heavy atom. The molecule has 3 rings (SSSR count). The van der Waals surface area contributed by atoms with E-state index in [0.29, 0.717) is 32.7 Å². The van der Waals surface area contributed by atoms with Crippen LogP contribution in [0.2, 0.25) is 5.02 Å². The second-order valence-corrected chi connectivity index (χ2v) is 8.49. The number of aromatic nitrogens is 1. The van der Waals surface area contributed by atoms with Crippen LogP contribution in [0.5, 0.6) is 0 Å². The molecule has 0 atom stereocenters. The van der Waals surface area contributed by atoms with Crippen molar-refractivity contribution in [1.29, 1.82) is 0 Å². The Hall–Kier alpha value is -2.64. The van der Waals surface area contributed by atoms with Gasteiger partial charge in [0.15, 0.2) is 0 Å². The second kappa shape index (κ2) is 9.24. The van der Waals surface area contributed by atoms with Crippen molar-refractivity contribution < 1.29 is 28.2 Å². The fourth-order valence-corrected chi connectivity index (χ4v) is 3.06. The number of hydrogen-bond donors (Lipinski definition) is 2. The second-order valence-electron chi connectivity index (χ2n) is 8.06. The van der Waals surface area contributed by atoms with E-state index in [2.05, 4.69) is 4.98 Å². The lowest BCUT2D eigenvalue weighted by molar-refractivity contribution is -0.141. The molecule has 0 saturated heterocycles. The minimum absolute atomic E-state index is 0.163. The van der Waals surface area contributed by atoms with Gasteiger partial charge in [0.2, 0.25) is 0 Å². The van der Waals surface area contributed by atoms with Crippen LogP contribution in [0.25, 0.3) is 22.0 Å². The van der Waals surface area contributed by atoms with Gasteiger partial charge in [-0.3, -0.25) is 4.79 Å². The predicted octanol–water partition coefficient (Wildman–Crippen LogP) is 6.29. The van der Waals surface area contributed by atoms with E-state index in [4.69, 9.17) is 16.7 Å². The number of fused-ring (bicyclic) bond motifs is 1. The van der Waals surface area contributed by atoms with Crippen LogP contribution in [0.4, 0.5) is 13.2 Å². The van der Waals surface area contributed by atoms with Crippen molar-refractivity contribution in [3.63, 3.8) is 0 Å². The van der Waals surface area contributed by atoms with Gasteiger partial charge in [0, 0.05) is 10.4 Å². The van der Waals surface area contributed by atoms with Crippen LogP contribution in [0, 0.1) is 6.92 Å². The van der Waals surface area contributed by atoms with E-state index in [0.717, 1.165) is 6.07 Å². The number of aryl methyl sites for hydroxylation is 1. The number of nitrogens with zero attached hydrogens (tertiary/aromatic N) is 1. The molecular weight excluding hydrogens is 431 g/mol. The molecule has 0 saturated carbocycles. The van der Waals surface area contributed by atoms with Gasteiger partial charge in [0.25, 0.3) is 0 Å². The lowest BCUT2D eigenvalue weighted by Gasteiger charge is -2.16. The third-order valence-corrected chi connectivity index (χ3v) is 4.33. The molecule has 0 radical (unpaired) electrons. The van der Waals surface area contributed by atoms with Gasteiger partial charge < -0.3 is 10.2 Å². The molecule has 0 fully saturated rings. The number of aliphatic carboxylic acids is 1. The molecule has 0 aliphatic rings. The van der Waals surface area contributed by atoms with E-state index in [1.807, 2.05) is 0 Å². The van der Waals surface area contributed by atoms with Crippen molar-refractivity contribution in [2.24, 2.45) is 0 Å². The van der Waals surface area contributed by atoms with Crippen molar-refractivity contribution in [3.8, 4) is 11.1 Å². The molecule has 166 valence electrons. The molecule has 0 aliphatic heterocycles. The Morgan fingerprint density at radius 3 is 2.10 bits per heavy atom. The van der Waals surface area contributed by atoms with Crippen molar-refractivity contribution in [3.05, 3.63) is 64.3 Å². The van der Waals surface area contributed by atoms with Crippen LogP contribution in [0.15, 0.2) is 42.5 Å². The standard InChI is InChI=1S/C19H13ClF3NO2.C4H10O/c1-10-8-15-13(6-7-16(24-15)19(21,22)23)18(14(10)9-17(25)26)11-2-4-12(20)5-3-11;1-4(2,3)5/h2-8H,9H2,1H3,(H,25,26);5H,1-3H3. The minimum atomic E-state index is -4.55. The van der Waals surface area contributed by atoms with Crippen molar-refractivity contribution >= 4 is 28.5 Å². The van der Waals surface area contributed by atoms with E-state index in [-0.39, 0.29) is 11.9 Å². The molecule has 0 unspecified atom stereocenters. The first-order valence-corrected chi connectivity index (χ1v) is 9.75. The van der Waals surface area contributed by atoms with E-state index < -0.39 is 23.4 Å². The van der Waals surface area contributed by atoms with Crippen molar-refractivity contribution in [2.45, 2.75) is 45.9 Å². The Labute approximate surface area is 183 Å². The monoisotopic (exact) mass is 453 g/mol. The molecule has 31 heavy (non-hydrogen) atoms. The normalized spacial score (nSPS) is 11.8. The van der Waals surface area contributed by atoms with Gasteiger partial charge in [-0.1, -0.05) is 29.8 Å². The third kappa shape index (κ3) is 6.94. The molecule has 0 aliphatic carbocycles. The molecule has 0 amide bonds. The highest BCUT2D eigenvalue weighted by molar-refractivity contribution is 6.30. The summed E-state index contributed by atoms with van der Waals surface area (Å²) in [5.74, 6) is -1.03. The summed E-state index contributed by atoms with van der Waals surface area (Å²) in [6.45, 7) is 6.89. The highest BCUT2D eigenvalue weighted by Crippen LogP contribution is 2.37. The number of pyridine rings is 1. The topological polar surface area (TPSA) is 70.4 Å². The minimum Gasteiger partial charge on any atom is -0.481 e. The zero-order valence-corrected chi connectivity index (χ0v) is 18.3. The first-order valence-electron chi connectivity index (χ1n) is 9.37. The lowest BCUT2D eigenvalue weighted by atomic mass is 9.90. The summed E-state index contributed by atoms with van der Waals surface area (Å²) in [4.78, 5) is 15.0. The van der Waals surface area contributed by atoms with Crippen molar-refractivity contribution in [2.75, 3.05) is 0 Å². The van der Waals surface area contributed by atoms with Crippen LogP contribution < -0.4 is 0 Å². The number of halogens is 4. The average Bonchev–Trinajstić information content (AvgIpc) is 2.60. The molecule has 1 heterocycles. The molecule has 0 spiro atoms. The molecule has 4 nitrogen and oxygen atoms in total. The van der Waals surface area contributed by atoms with Crippen LogP contribution in [-0.2, 0) is 17.4 Å². The third-order valence-electron chi connectivity index (χ3n) is 4.08. The Morgan fingerprint density at radius 2 is 1.61 bits per heavy atom. The molecular formula is C23H23ClF3NO3. The molecule has 3 aromatic rings. The van der Waals surface area contributed by atoms with E-state index >= 15 is 0 Å². The number of carboxylic acid groups (broad SMARTS) is 1. The quantitative estimate of drug-likeness (QED) is 0.489. The maximum absolute atomic E-state index is 13.0. The molecule has 2 aromatic carbocycles. The lowest BCUT2D eigenvalue weighted by Crippen LogP contribution is -2.10. The zero-order valence-electron chi connectivity index (χ0n) is 17.5. The summed E-state index contributed by atoms with van der Waals surface area (Å²) < 4.78 is 38.9. The molecule has 8 heteroatoms. The highest BCUT2D eigenvalue weighted by atomic mass is 35.5. The first kappa shape index (κ1) is 24.6. The number of benzene rings is 2. The van der Waals surface area contributed by atoms with Crippen LogP contribution >= 0.6 is 11.6 Å². The van der Waals surface area contributed by atoms with Gasteiger partial charge in [-0.25, -0.2) is 4.98 Å². The van der Waals surface area contributed by atoms with Gasteiger partial charge in [-0.15, -0.1) is 0 Å². The Balaban J connectivity index is 0.000000614. The predicted molar refractivity (Wildman–Crippen MR) is 115 cm³/mol. The number of carboxylic acids is 1. The van der Waals surface area contributed by atoms with Gasteiger partial charge in [-0.05, 0) is 74.2 Å². The van der Waals surface area contributed by atoms with Crippen LogP contribution in [0.3, 0.4) is 0 Å². The zero-order chi connectivity index (χ0) is 23.6. The number of rotatable bonds is 3. The molecule has 2 N–H and O–H groups in total. The Kier molecular flexibility index (Phi) is 7.34. The largest absolute Gasteiger partial charge is 0.481 e. The maximum atomic E-state index is 13.0. The smallest absolute Gasteiger partial charge is 0.433 e. The number of carbonyl (C=O) groups is 1. The van der Waals surface area contributed by atoms with Crippen LogP contribution in [0.1, 0.15) is 37.6 Å². The van der Waals surface area contributed by atoms with Gasteiger partial charge in [0.05, 0.1) is 17.5 Å². The van der Waals surface area contributed by atoms with Gasteiger partial charge in [-0.2, -0.15) is 13.2 Å². The summed E-state index contributed by atoms with van der Waals surface area (Å²) in [5, 5.41) is 18.7. The number of aliphatic hydroxyl groups is 1. The molecule has 0 bridgehead atoms. The summed E-state index contributed by atoms with van der Waals surface area (Å²) in [6, 6.07) is 10.4. The van der Waals surface area contributed by atoms with Gasteiger partial charge in [0.1, 0.15) is 5.69 Å². The Bertz CT molecular complexity index is 1080. The highest BCUT2D eigenvalue weighted by Gasteiger charge is 2.32. The average molecular weight is 454 g/mol. The van der Waals surface area contributed by atoms with E-state index in [9.17, 15) is 23.1 Å². The molecule has 1 aromatic heterocycles. The first-order chi connectivity index (χ1) is 14.2. The summed E-state index contributed by atoms with van der Waals surface area (Å²) in [7, 11) is 0. The summed E-state index contributed by atoms with van der Waals surface area (Å²) >= 11 is 5.91. The fourth-order valence-electron chi connectivity index (χ4n) is 2.93. The van der Waals surface area contributed by atoms with Crippen LogP contribution in [-0.4, -0.2) is 26.8 Å². The number of hydrogen-bond acceptors (Lipinski definition) is 3. The summed E-state index contributed by atoms with van der Waals surface area (Å²) in [5.41, 5.74) is 1.00. The van der Waals surface area contributed by atoms with E-state index in [1.165, 1.54) is 12.1 Å². The fraction of sp³-hybridized carbons (Fsp3) is 0.304. The SMILES string of the molecule is CC(C)(C)O.Cc1cc2nc(C(F)(F)F)ccc2c(-c2ccc(Cl)cc2)c1CC(=O)O. The summed E-state index contributed by atoms with van der Waals surface area (Å²) in [6.07, 6.45) is -4.80. The number of alkyl halides is 3.